The van der Waals surface area contributed by atoms with Gasteiger partial charge in [-0.15, -0.1) is 0 Å². The van der Waals surface area contributed by atoms with Gasteiger partial charge in [0.2, 0.25) is 5.28 Å². The van der Waals surface area contributed by atoms with Crippen LogP contribution in [-0.4, -0.2) is 38.9 Å². The highest BCUT2D eigenvalue weighted by Gasteiger charge is 2.26. The number of hydrogen-bond donors (Lipinski definition) is 0. The molecule has 0 unspecified atom stereocenters. The van der Waals surface area contributed by atoms with Crippen LogP contribution in [-0.2, 0) is 0 Å². The summed E-state index contributed by atoms with van der Waals surface area (Å²) in [6.07, 6.45) is 6.25. The second-order valence-corrected chi connectivity index (χ2v) is 5.91. The van der Waals surface area contributed by atoms with Crippen LogP contribution in [0.15, 0.2) is 12.3 Å². The standard InChI is InChI=1S/C15H19ClN4O/c1-3-19(2)14(21)12-8-10-9-17-15(16)18-13(10)20(12)11-6-4-5-7-11/h8-9,11H,3-7H2,1-2H3. The molecule has 0 spiro atoms. The number of amides is 1. The van der Waals surface area contributed by atoms with Crippen LogP contribution in [0, 0.1) is 0 Å². The highest BCUT2D eigenvalue weighted by molar-refractivity contribution is 6.28. The third-order valence-corrected chi connectivity index (χ3v) is 4.46. The molecular weight excluding hydrogens is 288 g/mol. The van der Waals surface area contributed by atoms with Crippen LogP contribution >= 0.6 is 11.6 Å². The molecule has 3 rings (SSSR count). The Morgan fingerprint density at radius 2 is 2.19 bits per heavy atom. The predicted octanol–water partition coefficient (Wildman–Crippen LogP) is 3.29. The second kappa shape index (κ2) is 5.64. The highest BCUT2D eigenvalue weighted by atomic mass is 35.5. The van der Waals surface area contributed by atoms with E-state index in [4.69, 9.17) is 11.6 Å². The molecule has 1 aliphatic rings. The van der Waals surface area contributed by atoms with E-state index in [1.165, 1.54) is 12.8 Å². The summed E-state index contributed by atoms with van der Waals surface area (Å²) in [6, 6.07) is 2.22. The fraction of sp³-hybridized carbons (Fsp3) is 0.533. The van der Waals surface area contributed by atoms with Gasteiger partial charge in [0.15, 0.2) is 0 Å². The summed E-state index contributed by atoms with van der Waals surface area (Å²) in [5, 5.41) is 1.10. The van der Waals surface area contributed by atoms with Crippen LogP contribution in [0.4, 0.5) is 0 Å². The molecule has 0 radical (unpaired) electrons. The van der Waals surface area contributed by atoms with E-state index in [9.17, 15) is 4.79 Å². The quantitative estimate of drug-likeness (QED) is 0.818. The molecule has 6 heteroatoms. The molecule has 1 aliphatic carbocycles. The largest absolute Gasteiger partial charge is 0.341 e. The van der Waals surface area contributed by atoms with Crippen molar-refractivity contribution in [1.29, 1.82) is 0 Å². The lowest BCUT2D eigenvalue weighted by atomic mass is 10.2. The number of rotatable bonds is 3. The Bertz CT molecular complexity index is 676. The number of fused-ring (bicyclic) bond motifs is 1. The lowest BCUT2D eigenvalue weighted by Gasteiger charge is -2.20. The minimum absolute atomic E-state index is 0.0264. The van der Waals surface area contributed by atoms with Crippen molar-refractivity contribution in [2.75, 3.05) is 13.6 Å². The maximum absolute atomic E-state index is 12.6. The van der Waals surface area contributed by atoms with Crippen molar-refractivity contribution in [3.05, 3.63) is 23.2 Å². The molecule has 2 aromatic rings. The smallest absolute Gasteiger partial charge is 0.270 e. The van der Waals surface area contributed by atoms with Crippen LogP contribution in [0.1, 0.15) is 49.1 Å². The molecule has 1 saturated carbocycles. The molecule has 0 saturated heterocycles. The van der Waals surface area contributed by atoms with E-state index in [0.29, 0.717) is 18.3 Å². The van der Waals surface area contributed by atoms with Gasteiger partial charge < -0.3 is 9.47 Å². The first-order valence-corrected chi connectivity index (χ1v) is 7.78. The maximum atomic E-state index is 12.6. The van der Waals surface area contributed by atoms with Crippen molar-refractivity contribution in [3.63, 3.8) is 0 Å². The predicted molar refractivity (Wildman–Crippen MR) is 82.7 cm³/mol. The van der Waals surface area contributed by atoms with Gasteiger partial charge in [0.1, 0.15) is 11.3 Å². The van der Waals surface area contributed by atoms with Gasteiger partial charge >= 0.3 is 0 Å². The van der Waals surface area contributed by atoms with Crippen molar-refractivity contribution < 1.29 is 4.79 Å². The average Bonchev–Trinajstić information content (AvgIpc) is 3.11. The zero-order valence-corrected chi connectivity index (χ0v) is 13.1. The Labute approximate surface area is 128 Å². The first kappa shape index (κ1) is 14.3. The molecule has 0 atom stereocenters. The minimum atomic E-state index is 0.0264. The lowest BCUT2D eigenvalue weighted by molar-refractivity contribution is 0.0790. The van der Waals surface area contributed by atoms with E-state index in [0.717, 1.165) is 23.9 Å². The molecular formula is C15H19ClN4O. The minimum Gasteiger partial charge on any atom is -0.341 e. The molecule has 2 aromatic heterocycles. The molecule has 2 heterocycles. The Kier molecular flexibility index (Phi) is 3.85. The monoisotopic (exact) mass is 306 g/mol. The van der Waals surface area contributed by atoms with Gasteiger partial charge in [-0.1, -0.05) is 12.8 Å². The summed E-state index contributed by atoms with van der Waals surface area (Å²) in [7, 11) is 1.82. The van der Waals surface area contributed by atoms with Crippen LogP contribution in [0.2, 0.25) is 5.28 Å². The molecule has 21 heavy (non-hydrogen) atoms. The van der Waals surface area contributed by atoms with E-state index >= 15 is 0 Å². The summed E-state index contributed by atoms with van der Waals surface area (Å²) in [5.41, 5.74) is 1.47. The van der Waals surface area contributed by atoms with Crippen molar-refractivity contribution in [2.45, 2.75) is 38.6 Å². The summed E-state index contributed by atoms with van der Waals surface area (Å²) >= 11 is 5.95. The average molecular weight is 307 g/mol. The molecule has 5 nitrogen and oxygen atoms in total. The van der Waals surface area contributed by atoms with Gasteiger partial charge in [-0.05, 0) is 37.4 Å². The number of carbonyl (C=O) groups is 1. The first-order chi connectivity index (χ1) is 10.1. The van der Waals surface area contributed by atoms with Crippen LogP contribution < -0.4 is 0 Å². The first-order valence-electron chi connectivity index (χ1n) is 7.40. The Hall–Kier alpha value is -1.62. The number of carbonyl (C=O) groups excluding carboxylic acids is 1. The molecule has 0 bridgehead atoms. The van der Waals surface area contributed by atoms with E-state index in [1.807, 2.05) is 20.0 Å². The van der Waals surface area contributed by atoms with E-state index in [-0.39, 0.29) is 11.2 Å². The fourth-order valence-corrected chi connectivity index (χ4v) is 3.15. The Balaban J connectivity index is 2.17. The van der Waals surface area contributed by atoms with Crippen LogP contribution in [0.3, 0.4) is 0 Å². The van der Waals surface area contributed by atoms with E-state index in [1.54, 1.807) is 11.1 Å². The maximum Gasteiger partial charge on any atom is 0.270 e. The third-order valence-electron chi connectivity index (χ3n) is 4.28. The van der Waals surface area contributed by atoms with Gasteiger partial charge in [0.05, 0.1) is 0 Å². The van der Waals surface area contributed by atoms with Crippen molar-refractivity contribution in [3.8, 4) is 0 Å². The number of nitrogens with zero attached hydrogens (tertiary/aromatic N) is 4. The van der Waals surface area contributed by atoms with E-state index in [2.05, 4.69) is 14.5 Å². The van der Waals surface area contributed by atoms with Crippen molar-refractivity contribution >= 4 is 28.5 Å². The van der Waals surface area contributed by atoms with Crippen molar-refractivity contribution in [2.24, 2.45) is 0 Å². The lowest BCUT2D eigenvalue weighted by Crippen LogP contribution is -2.29. The summed E-state index contributed by atoms with van der Waals surface area (Å²) in [4.78, 5) is 22.7. The summed E-state index contributed by atoms with van der Waals surface area (Å²) in [5.74, 6) is 0.0264. The van der Waals surface area contributed by atoms with Crippen molar-refractivity contribution in [1.82, 2.24) is 19.4 Å². The summed E-state index contributed by atoms with van der Waals surface area (Å²) < 4.78 is 2.07. The Morgan fingerprint density at radius 1 is 1.48 bits per heavy atom. The molecule has 1 amide bonds. The van der Waals surface area contributed by atoms with Crippen LogP contribution in [0.25, 0.3) is 11.0 Å². The number of halogens is 1. The van der Waals surface area contributed by atoms with Gasteiger partial charge in [-0.3, -0.25) is 4.79 Å². The molecule has 0 aromatic carbocycles. The molecule has 0 N–H and O–H groups in total. The Morgan fingerprint density at radius 3 is 2.86 bits per heavy atom. The van der Waals surface area contributed by atoms with Gasteiger partial charge in [-0.25, -0.2) is 4.98 Å². The van der Waals surface area contributed by atoms with Crippen LogP contribution in [0.5, 0.6) is 0 Å². The van der Waals surface area contributed by atoms with E-state index < -0.39 is 0 Å². The zero-order chi connectivity index (χ0) is 15.0. The van der Waals surface area contributed by atoms with Gasteiger partial charge in [0.25, 0.3) is 5.91 Å². The fourth-order valence-electron chi connectivity index (χ4n) is 3.02. The number of aromatic nitrogens is 3. The topological polar surface area (TPSA) is 51.0 Å². The SMILES string of the molecule is CCN(C)C(=O)c1cc2cnc(Cl)nc2n1C1CCCC1. The molecule has 1 fully saturated rings. The highest BCUT2D eigenvalue weighted by Crippen LogP contribution is 2.34. The zero-order valence-electron chi connectivity index (χ0n) is 12.3. The van der Waals surface area contributed by atoms with Gasteiger partial charge in [0, 0.05) is 31.2 Å². The third kappa shape index (κ3) is 2.50. The van der Waals surface area contributed by atoms with Gasteiger partial charge in [-0.2, -0.15) is 4.98 Å². The molecule has 112 valence electrons. The molecule has 0 aliphatic heterocycles. The number of hydrogen-bond acceptors (Lipinski definition) is 3. The second-order valence-electron chi connectivity index (χ2n) is 5.58. The normalized spacial score (nSPS) is 15.8. The summed E-state index contributed by atoms with van der Waals surface area (Å²) in [6.45, 7) is 2.65.